The van der Waals surface area contributed by atoms with Crippen LogP contribution in [0.4, 0.5) is 5.69 Å². The number of anilines is 1. The number of carbonyl (C=O) groups is 5. The van der Waals surface area contributed by atoms with E-state index in [1.165, 1.54) is 7.11 Å². The molecule has 6 atom stereocenters. The van der Waals surface area contributed by atoms with E-state index in [9.17, 15) is 24.0 Å². The van der Waals surface area contributed by atoms with Crippen LogP contribution >= 0.6 is 0 Å². The van der Waals surface area contributed by atoms with Crippen molar-refractivity contribution in [3.63, 3.8) is 0 Å². The highest BCUT2D eigenvalue weighted by atomic mass is 16.7. The Bertz CT molecular complexity index is 1720. The van der Waals surface area contributed by atoms with Gasteiger partial charge in [0.25, 0.3) is 0 Å². The second-order valence-electron chi connectivity index (χ2n) is 15.7. The lowest BCUT2D eigenvalue weighted by molar-refractivity contribution is -0.314. The Labute approximate surface area is 347 Å². The fourth-order valence-electron chi connectivity index (χ4n) is 6.48. The van der Waals surface area contributed by atoms with Gasteiger partial charge in [0.1, 0.15) is 12.7 Å². The molecule has 0 bridgehead atoms. The molecule has 2 aliphatic heterocycles. The molecule has 0 aromatic heterocycles. The Morgan fingerprint density at radius 3 is 1.78 bits per heavy atom. The van der Waals surface area contributed by atoms with Crippen molar-refractivity contribution in [2.75, 3.05) is 65.4 Å². The third-order valence-corrected chi connectivity index (χ3v) is 9.96. The summed E-state index contributed by atoms with van der Waals surface area (Å²) >= 11 is 0. The van der Waals surface area contributed by atoms with Crippen molar-refractivity contribution in [3.8, 4) is 11.5 Å². The molecule has 16 nitrogen and oxygen atoms in total. The van der Waals surface area contributed by atoms with Crippen LogP contribution in [0.2, 0.25) is 0 Å². The maximum Gasteiger partial charge on any atom is 0.339 e. The lowest BCUT2D eigenvalue weighted by Crippen LogP contribution is -2.65. The maximum atomic E-state index is 13.4. The van der Waals surface area contributed by atoms with Crippen molar-refractivity contribution >= 4 is 35.5 Å². The molecule has 16 heteroatoms. The first-order valence-corrected chi connectivity index (χ1v) is 20.1. The third-order valence-electron chi connectivity index (χ3n) is 9.96. The number of para-hydroxylation sites is 3. The molecule has 2 aliphatic rings. The fourth-order valence-corrected chi connectivity index (χ4v) is 6.48. The summed E-state index contributed by atoms with van der Waals surface area (Å²) in [4.78, 5) is 70.3. The molecule has 0 saturated carbocycles. The molecule has 59 heavy (non-hydrogen) atoms. The van der Waals surface area contributed by atoms with E-state index >= 15 is 0 Å². The minimum Gasteiger partial charge on any atom is -0.493 e. The van der Waals surface area contributed by atoms with Crippen molar-refractivity contribution < 1.29 is 61.9 Å². The average Bonchev–Trinajstić information content (AvgIpc) is 3.20. The van der Waals surface area contributed by atoms with E-state index in [1.54, 1.807) is 65.8 Å². The van der Waals surface area contributed by atoms with Crippen molar-refractivity contribution in [1.82, 2.24) is 9.80 Å². The molecule has 1 amide bonds. The number of benzene rings is 2. The first kappa shape index (κ1) is 46.9. The number of aryl methyl sites for hydroxylation is 2. The van der Waals surface area contributed by atoms with Crippen molar-refractivity contribution in [2.24, 2.45) is 17.8 Å². The van der Waals surface area contributed by atoms with Gasteiger partial charge < -0.3 is 43.2 Å². The summed E-state index contributed by atoms with van der Waals surface area (Å²) in [5.41, 5.74) is 2.79. The monoisotopic (exact) mass is 827 g/mol. The summed E-state index contributed by atoms with van der Waals surface area (Å²) in [6, 6.07) is 13.0. The van der Waals surface area contributed by atoms with Crippen LogP contribution < -0.4 is 14.8 Å². The van der Waals surface area contributed by atoms with Gasteiger partial charge in [-0.15, -0.1) is 0 Å². The molecule has 2 aromatic rings. The molecule has 326 valence electrons. The van der Waals surface area contributed by atoms with Gasteiger partial charge in [0.05, 0.1) is 38.5 Å². The van der Waals surface area contributed by atoms with E-state index < -0.39 is 78.4 Å². The van der Waals surface area contributed by atoms with Crippen molar-refractivity contribution in [2.45, 2.75) is 92.2 Å². The van der Waals surface area contributed by atoms with Gasteiger partial charge in [-0.05, 0) is 37.1 Å². The Hall–Kier alpha value is -4.77. The number of hydrogen-bond donors (Lipinski definition) is 1. The molecule has 0 spiro atoms. The van der Waals surface area contributed by atoms with Crippen LogP contribution in [0.15, 0.2) is 42.5 Å². The largest absolute Gasteiger partial charge is 0.493 e. The van der Waals surface area contributed by atoms with Gasteiger partial charge in [-0.25, -0.2) is 4.79 Å². The number of methoxy groups -OCH3 is 2. The quantitative estimate of drug-likeness (QED) is 0.169. The zero-order valence-corrected chi connectivity index (χ0v) is 35.9. The second kappa shape index (κ2) is 22.0. The second-order valence-corrected chi connectivity index (χ2v) is 15.7. The van der Waals surface area contributed by atoms with Crippen molar-refractivity contribution in [3.05, 3.63) is 53.6 Å². The van der Waals surface area contributed by atoms with Gasteiger partial charge in [-0.3, -0.25) is 29.0 Å². The fraction of sp³-hybridized carbons (Fsp3) is 0.605. The molecule has 0 radical (unpaired) electrons. The van der Waals surface area contributed by atoms with Gasteiger partial charge in [-0.1, -0.05) is 71.9 Å². The number of esters is 4. The number of amides is 1. The van der Waals surface area contributed by atoms with Crippen LogP contribution in [0.25, 0.3) is 0 Å². The molecule has 0 aliphatic carbocycles. The van der Waals surface area contributed by atoms with Gasteiger partial charge in [0.2, 0.25) is 5.91 Å². The van der Waals surface area contributed by atoms with Crippen LogP contribution in [-0.4, -0.2) is 136 Å². The van der Waals surface area contributed by atoms with Crippen LogP contribution in [0.1, 0.15) is 52.7 Å². The van der Waals surface area contributed by atoms with Crippen LogP contribution in [0.3, 0.4) is 0 Å². The topological polar surface area (TPSA) is 178 Å². The number of piperazine rings is 1. The van der Waals surface area contributed by atoms with E-state index in [0.717, 1.165) is 23.9 Å². The van der Waals surface area contributed by atoms with Gasteiger partial charge in [0.15, 0.2) is 42.2 Å². The van der Waals surface area contributed by atoms with E-state index in [4.69, 9.17) is 37.9 Å². The predicted molar refractivity (Wildman–Crippen MR) is 216 cm³/mol. The van der Waals surface area contributed by atoms with Crippen LogP contribution in [0.5, 0.6) is 11.5 Å². The first-order chi connectivity index (χ1) is 28.0. The predicted octanol–water partition coefficient (Wildman–Crippen LogP) is 3.93. The van der Waals surface area contributed by atoms with Gasteiger partial charge in [0, 0.05) is 38.4 Å². The number of ether oxygens (including phenoxy) is 8. The molecule has 2 heterocycles. The smallest absolute Gasteiger partial charge is 0.339 e. The standard InChI is InChI=1S/C43H61N3O13/c1-25(2)39(48)56-35-36(57-40(49)26(3)4)38(58-41(50)27(5)6)43(59-37(35)42(51)53-10)55-30(24-54-32-17-12-11-16-31(32)52-9)22-45-18-20-46(21-19-45)23-33(47)44-34-28(7)14-13-15-29(34)8/h11-17,25-27,30,35-38,43H,18-24H2,1-10H3,(H,44,47). The number of nitrogens with one attached hydrogen (secondary N) is 1. The zero-order valence-electron chi connectivity index (χ0n) is 35.9. The van der Waals surface area contributed by atoms with E-state index in [1.807, 2.05) is 32.0 Å². The van der Waals surface area contributed by atoms with Crippen molar-refractivity contribution in [1.29, 1.82) is 0 Å². The van der Waals surface area contributed by atoms with Crippen LogP contribution in [0, 0.1) is 31.6 Å². The summed E-state index contributed by atoms with van der Waals surface area (Å²) in [6.45, 7) is 16.3. The molecule has 2 saturated heterocycles. The Kier molecular flexibility index (Phi) is 17.5. The molecule has 6 unspecified atom stereocenters. The normalized spacial score (nSPS) is 21.7. The molecule has 4 rings (SSSR count). The average molecular weight is 828 g/mol. The maximum absolute atomic E-state index is 13.4. The molecular weight excluding hydrogens is 766 g/mol. The Balaban J connectivity index is 1.63. The number of nitrogens with zero attached hydrogens (tertiary/aromatic N) is 2. The number of carbonyl (C=O) groups excluding carboxylic acids is 5. The summed E-state index contributed by atoms with van der Waals surface area (Å²) < 4.78 is 47.4. The minimum atomic E-state index is -1.64. The summed E-state index contributed by atoms with van der Waals surface area (Å²) in [5, 5.41) is 3.05. The third kappa shape index (κ3) is 13.1. The van der Waals surface area contributed by atoms with E-state index in [2.05, 4.69) is 15.1 Å². The summed E-state index contributed by atoms with van der Waals surface area (Å²) in [5.74, 6) is -4.12. The zero-order chi connectivity index (χ0) is 43.4. The van der Waals surface area contributed by atoms with E-state index in [0.29, 0.717) is 37.7 Å². The highest BCUT2D eigenvalue weighted by Gasteiger charge is 2.56. The van der Waals surface area contributed by atoms with Gasteiger partial charge >= 0.3 is 23.9 Å². The first-order valence-electron chi connectivity index (χ1n) is 20.1. The molecule has 1 N–H and O–H groups in total. The highest BCUT2D eigenvalue weighted by Crippen LogP contribution is 2.33. The number of rotatable bonds is 18. The lowest BCUT2D eigenvalue weighted by atomic mass is 9.97. The highest BCUT2D eigenvalue weighted by molar-refractivity contribution is 5.93. The van der Waals surface area contributed by atoms with Crippen LogP contribution in [-0.2, 0) is 52.4 Å². The summed E-state index contributed by atoms with van der Waals surface area (Å²) in [6.07, 6.45) is -8.60. The number of hydrogen-bond acceptors (Lipinski definition) is 15. The molecular formula is C43H61N3O13. The molecule has 2 fully saturated rings. The Morgan fingerprint density at radius 1 is 0.712 bits per heavy atom. The minimum absolute atomic E-state index is 0.0609. The lowest BCUT2D eigenvalue weighted by Gasteiger charge is -2.45. The van der Waals surface area contributed by atoms with Gasteiger partial charge in [-0.2, -0.15) is 0 Å². The summed E-state index contributed by atoms with van der Waals surface area (Å²) in [7, 11) is 2.66. The van der Waals surface area contributed by atoms with E-state index in [-0.39, 0.29) is 25.6 Å². The Morgan fingerprint density at radius 2 is 1.24 bits per heavy atom. The molecule has 2 aromatic carbocycles. The SMILES string of the molecule is COC(=O)C1OC(OC(COc2ccccc2OC)CN2CCN(CC(=O)Nc3c(C)cccc3C)CC2)C(OC(=O)C(C)C)C(OC(=O)C(C)C)C1OC(=O)C(C)C.